The third-order valence-electron chi connectivity index (χ3n) is 2.78. The Bertz CT molecular complexity index is 554. The minimum absolute atomic E-state index is 0.679. The molecule has 1 aromatic carbocycles. The number of unbranched alkanes of at least 4 members (excludes halogenated alkanes) is 1. The molecule has 4 nitrogen and oxygen atoms in total. The summed E-state index contributed by atoms with van der Waals surface area (Å²) in [5.74, 6) is 1.48. The van der Waals surface area contributed by atoms with Gasteiger partial charge in [-0.3, -0.25) is 0 Å². The number of benzene rings is 1. The van der Waals surface area contributed by atoms with Gasteiger partial charge < -0.3 is 10.6 Å². The molecule has 0 atom stereocenters. The molecule has 0 amide bonds. The monoisotopic (exact) mass is 334 g/mol. The molecule has 2 aromatic rings. The maximum atomic E-state index is 4.48. The van der Waals surface area contributed by atoms with Gasteiger partial charge in [0.2, 0.25) is 5.95 Å². The van der Waals surface area contributed by atoms with Crippen LogP contribution in [-0.2, 0) is 0 Å². The van der Waals surface area contributed by atoms with Gasteiger partial charge >= 0.3 is 0 Å². The molecule has 0 fully saturated rings. The maximum Gasteiger partial charge on any atom is 0.224 e. The number of aryl methyl sites for hydroxylation is 1. The second-order valence-corrected chi connectivity index (χ2v) is 5.55. The van der Waals surface area contributed by atoms with E-state index in [2.05, 4.69) is 43.5 Å². The van der Waals surface area contributed by atoms with Crippen LogP contribution in [0.15, 0.2) is 34.8 Å². The van der Waals surface area contributed by atoms with E-state index in [1.165, 1.54) is 0 Å². The number of hydrogen-bond acceptors (Lipinski definition) is 4. The lowest BCUT2D eigenvalue weighted by Crippen LogP contribution is -2.07. The number of aromatic nitrogens is 2. The van der Waals surface area contributed by atoms with Crippen molar-refractivity contribution in [2.24, 2.45) is 0 Å². The molecule has 0 aliphatic rings. The zero-order valence-electron chi connectivity index (χ0n) is 11.8. The molecular weight excluding hydrogens is 316 g/mol. The lowest BCUT2D eigenvalue weighted by Gasteiger charge is -2.09. The molecule has 0 spiro atoms. The summed E-state index contributed by atoms with van der Waals surface area (Å²) in [7, 11) is 0. The fraction of sp³-hybridized carbons (Fsp3) is 0.333. The maximum absolute atomic E-state index is 4.48. The van der Waals surface area contributed by atoms with Gasteiger partial charge in [-0.25, -0.2) is 4.98 Å². The van der Waals surface area contributed by atoms with Crippen molar-refractivity contribution in [2.45, 2.75) is 26.7 Å². The lowest BCUT2D eigenvalue weighted by atomic mass is 10.3. The van der Waals surface area contributed by atoms with E-state index in [4.69, 9.17) is 0 Å². The Morgan fingerprint density at radius 1 is 1.15 bits per heavy atom. The number of hydrogen-bond donors (Lipinski definition) is 2. The summed E-state index contributed by atoms with van der Waals surface area (Å²) in [6.07, 6.45) is 2.27. The molecule has 1 aromatic heterocycles. The molecule has 0 radical (unpaired) electrons. The molecule has 1 heterocycles. The summed E-state index contributed by atoms with van der Waals surface area (Å²) >= 11 is 3.43. The Hall–Kier alpha value is -1.62. The third-order valence-corrected chi connectivity index (χ3v) is 3.31. The van der Waals surface area contributed by atoms with Gasteiger partial charge in [-0.2, -0.15) is 4.98 Å². The summed E-state index contributed by atoms with van der Waals surface area (Å²) in [5.41, 5.74) is 1.95. The van der Waals surface area contributed by atoms with Gasteiger partial charge in [0, 0.05) is 28.5 Å². The summed E-state index contributed by atoms with van der Waals surface area (Å²) in [6, 6.07) is 9.94. The molecule has 0 unspecified atom stereocenters. The smallest absolute Gasteiger partial charge is 0.224 e. The molecule has 5 heteroatoms. The van der Waals surface area contributed by atoms with E-state index in [1.807, 2.05) is 37.3 Å². The van der Waals surface area contributed by atoms with Crippen LogP contribution in [0.3, 0.4) is 0 Å². The van der Waals surface area contributed by atoms with Gasteiger partial charge in [0.05, 0.1) is 0 Å². The largest absolute Gasteiger partial charge is 0.354 e. The van der Waals surface area contributed by atoms with Crippen LogP contribution in [0.1, 0.15) is 25.5 Å². The highest BCUT2D eigenvalue weighted by molar-refractivity contribution is 9.10. The van der Waals surface area contributed by atoms with Crippen LogP contribution in [-0.4, -0.2) is 16.5 Å². The first-order valence-corrected chi connectivity index (χ1v) is 7.59. The van der Waals surface area contributed by atoms with E-state index in [-0.39, 0.29) is 0 Å². The Balaban J connectivity index is 2.09. The lowest BCUT2D eigenvalue weighted by molar-refractivity contribution is 0.825. The van der Waals surface area contributed by atoms with E-state index in [9.17, 15) is 0 Å². The van der Waals surface area contributed by atoms with Crippen molar-refractivity contribution in [3.05, 3.63) is 40.5 Å². The van der Waals surface area contributed by atoms with Crippen LogP contribution in [0.2, 0.25) is 0 Å². The van der Waals surface area contributed by atoms with E-state index in [0.717, 1.165) is 41.1 Å². The SMILES string of the molecule is CCCCNc1nc(C)cc(Nc2ccc(Br)cc2)n1. The molecule has 0 aliphatic heterocycles. The minimum Gasteiger partial charge on any atom is -0.354 e. The van der Waals surface area contributed by atoms with Crippen molar-refractivity contribution in [2.75, 3.05) is 17.2 Å². The number of nitrogens with zero attached hydrogens (tertiary/aromatic N) is 2. The van der Waals surface area contributed by atoms with Crippen LogP contribution in [0.5, 0.6) is 0 Å². The second-order valence-electron chi connectivity index (χ2n) is 4.63. The molecule has 2 rings (SSSR count). The van der Waals surface area contributed by atoms with Gasteiger partial charge in [-0.15, -0.1) is 0 Å². The highest BCUT2D eigenvalue weighted by Crippen LogP contribution is 2.19. The van der Waals surface area contributed by atoms with Crippen LogP contribution < -0.4 is 10.6 Å². The molecule has 20 heavy (non-hydrogen) atoms. The first-order valence-electron chi connectivity index (χ1n) is 6.79. The number of halogens is 1. The van der Waals surface area contributed by atoms with Crippen molar-refractivity contribution in [1.29, 1.82) is 0 Å². The number of nitrogens with one attached hydrogen (secondary N) is 2. The van der Waals surface area contributed by atoms with Crippen LogP contribution in [0, 0.1) is 6.92 Å². The average Bonchev–Trinajstić information content (AvgIpc) is 2.41. The number of rotatable bonds is 6. The van der Waals surface area contributed by atoms with Gasteiger partial charge in [0.15, 0.2) is 0 Å². The van der Waals surface area contributed by atoms with Crippen molar-refractivity contribution < 1.29 is 0 Å². The van der Waals surface area contributed by atoms with Crippen LogP contribution in [0.25, 0.3) is 0 Å². The summed E-state index contributed by atoms with van der Waals surface area (Å²) in [5, 5.41) is 6.54. The van der Waals surface area contributed by atoms with Crippen molar-refractivity contribution in [1.82, 2.24) is 9.97 Å². The van der Waals surface area contributed by atoms with Gasteiger partial charge in [0.1, 0.15) is 5.82 Å². The van der Waals surface area contributed by atoms with E-state index < -0.39 is 0 Å². The minimum atomic E-state index is 0.679. The van der Waals surface area contributed by atoms with Gasteiger partial charge in [0.25, 0.3) is 0 Å². The number of anilines is 3. The Kier molecular flexibility index (Phi) is 5.35. The fourth-order valence-corrected chi connectivity index (χ4v) is 2.03. The predicted molar refractivity (Wildman–Crippen MR) is 87.6 cm³/mol. The van der Waals surface area contributed by atoms with Gasteiger partial charge in [-0.1, -0.05) is 29.3 Å². The molecule has 106 valence electrons. The Morgan fingerprint density at radius 2 is 1.90 bits per heavy atom. The quantitative estimate of drug-likeness (QED) is 0.763. The molecule has 2 N–H and O–H groups in total. The zero-order chi connectivity index (χ0) is 14.4. The second kappa shape index (κ2) is 7.24. The summed E-state index contributed by atoms with van der Waals surface area (Å²) < 4.78 is 1.06. The molecule has 0 saturated carbocycles. The summed E-state index contributed by atoms with van der Waals surface area (Å²) in [6.45, 7) is 5.04. The first-order chi connectivity index (χ1) is 9.67. The Labute approximate surface area is 128 Å². The molecule has 0 bridgehead atoms. The van der Waals surface area contributed by atoms with Crippen molar-refractivity contribution in [3.8, 4) is 0 Å². The third kappa shape index (κ3) is 4.49. The molecule has 0 saturated heterocycles. The molecule has 0 aliphatic carbocycles. The Morgan fingerprint density at radius 3 is 2.60 bits per heavy atom. The van der Waals surface area contributed by atoms with E-state index in [0.29, 0.717) is 5.95 Å². The van der Waals surface area contributed by atoms with Crippen molar-refractivity contribution in [3.63, 3.8) is 0 Å². The standard InChI is InChI=1S/C15H19BrN4/c1-3-4-9-17-15-18-11(2)10-14(20-15)19-13-7-5-12(16)6-8-13/h5-8,10H,3-4,9H2,1-2H3,(H2,17,18,19,20). The highest BCUT2D eigenvalue weighted by atomic mass is 79.9. The zero-order valence-corrected chi connectivity index (χ0v) is 13.4. The van der Waals surface area contributed by atoms with Crippen LogP contribution >= 0.6 is 15.9 Å². The van der Waals surface area contributed by atoms with Crippen molar-refractivity contribution >= 4 is 33.4 Å². The fourth-order valence-electron chi connectivity index (χ4n) is 1.77. The van der Waals surface area contributed by atoms with Gasteiger partial charge in [-0.05, 0) is 37.6 Å². The van der Waals surface area contributed by atoms with E-state index >= 15 is 0 Å². The predicted octanol–water partition coefficient (Wildman–Crippen LogP) is 4.50. The first kappa shape index (κ1) is 14.8. The normalized spacial score (nSPS) is 10.3. The molecular formula is C15H19BrN4. The van der Waals surface area contributed by atoms with E-state index in [1.54, 1.807) is 0 Å². The highest BCUT2D eigenvalue weighted by Gasteiger charge is 2.02. The summed E-state index contributed by atoms with van der Waals surface area (Å²) in [4.78, 5) is 8.87. The van der Waals surface area contributed by atoms with Crippen LogP contribution in [0.4, 0.5) is 17.5 Å². The average molecular weight is 335 g/mol. The topological polar surface area (TPSA) is 49.8 Å².